The van der Waals surface area contributed by atoms with E-state index < -0.39 is 0 Å². The van der Waals surface area contributed by atoms with Crippen molar-refractivity contribution in [3.8, 4) is 0 Å². The first-order chi connectivity index (χ1) is 9.61. The molecule has 2 aliphatic carbocycles. The molecule has 0 heterocycles. The van der Waals surface area contributed by atoms with E-state index in [-0.39, 0.29) is 11.8 Å². The van der Waals surface area contributed by atoms with E-state index in [1.54, 1.807) is 24.3 Å². The summed E-state index contributed by atoms with van der Waals surface area (Å²) >= 11 is 0. The first-order valence-corrected chi connectivity index (χ1v) is 7.30. The number of ketones is 1. The van der Waals surface area contributed by atoms with Crippen molar-refractivity contribution in [3.05, 3.63) is 29.8 Å². The van der Waals surface area contributed by atoms with Gasteiger partial charge in [0.05, 0.1) is 0 Å². The number of hydrogen-bond donors (Lipinski definition) is 2. The Labute approximate surface area is 118 Å². The third kappa shape index (κ3) is 2.69. The number of rotatable bonds is 3. The Kier molecular flexibility index (Phi) is 3.47. The van der Waals surface area contributed by atoms with Crippen molar-refractivity contribution in [1.29, 1.82) is 0 Å². The number of carbonyl (C=O) groups excluding carboxylic acids is 2. The molecule has 4 nitrogen and oxygen atoms in total. The fourth-order valence-corrected chi connectivity index (χ4v) is 3.55. The van der Waals surface area contributed by atoms with E-state index in [1.807, 2.05) is 0 Å². The Bertz CT molecular complexity index is 524. The van der Waals surface area contributed by atoms with Crippen molar-refractivity contribution >= 4 is 17.5 Å². The van der Waals surface area contributed by atoms with Gasteiger partial charge in [0.25, 0.3) is 0 Å². The number of anilines is 1. The number of urea groups is 1. The molecule has 3 unspecified atom stereocenters. The minimum absolute atomic E-state index is 0.0305. The van der Waals surface area contributed by atoms with Gasteiger partial charge in [0.2, 0.25) is 0 Å². The van der Waals surface area contributed by atoms with Crippen LogP contribution in [0.2, 0.25) is 0 Å². The maximum absolute atomic E-state index is 12.0. The second-order valence-corrected chi connectivity index (χ2v) is 6.01. The van der Waals surface area contributed by atoms with Crippen LogP contribution in [0.1, 0.15) is 43.0 Å². The molecule has 0 aliphatic heterocycles. The second kappa shape index (κ2) is 5.27. The predicted molar refractivity (Wildman–Crippen MR) is 77.8 cm³/mol. The molecule has 0 aromatic heterocycles. The van der Waals surface area contributed by atoms with E-state index in [9.17, 15) is 9.59 Å². The summed E-state index contributed by atoms with van der Waals surface area (Å²) in [5, 5.41) is 5.91. The molecule has 2 N–H and O–H groups in total. The van der Waals surface area contributed by atoms with Gasteiger partial charge in [-0.3, -0.25) is 4.79 Å². The SMILES string of the molecule is CC(=O)c1ccc(NC(=O)NC2CC3CCC2C3)cc1. The third-order valence-electron chi connectivity index (χ3n) is 4.60. The van der Waals surface area contributed by atoms with Crippen LogP contribution < -0.4 is 10.6 Å². The molecule has 3 atom stereocenters. The van der Waals surface area contributed by atoms with Crippen molar-refractivity contribution in [3.63, 3.8) is 0 Å². The summed E-state index contributed by atoms with van der Waals surface area (Å²) in [7, 11) is 0. The van der Waals surface area contributed by atoms with Crippen LogP contribution in [-0.4, -0.2) is 17.9 Å². The molecule has 0 spiro atoms. The molecule has 2 bridgehead atoms. The highest BCUT2D eigenvalue weighted by molar-refractivity contribution is 5.95. The number of carbonyl (C=O) groups is 2. The molecule has 1 aromatic rings. The lowest BCUT2D eigenvalue weighted by atomic mass is 9.95. The average Bonchev–Trinajstić information content (AvgIpc) is 3.01. The van der Waals surface area contributed by atoms with Gasteiger partial charge in [-0.1, -0.05) is 6.42 Å². The lowest BCUT2D eigenvalue weighted by Gasteiger charge is -2.23. The normalized spacial score (nSPS) is 27.4. The van der Waals surface area contributed by atoms with Gasteiger partial charge >= 0.3 is 6.03 Å². The zero-order chi connectivity index (χ0) is 14.1. The van der Waals surface area contributed by atoms with Crippen molar-refractivity contribution in [2.45, 2.75) is 38.6 Å². The smallest absolute Gasteiger partial charge is 0.319 e. The summed E-state index contributed by atoms with van der Waals surface area (Å²) in [6.07, 6.45) is 4.99. The summed E-state index contributed by atoms with van der Waals surface area (Å²) < 4.78 is 0. The van der Waals surface area contributed by atoms with Crippen molar-refractivity contribution in [2.24, 2.45) is 11.8 Å². The molecule has 0 saturated heterocycles. The maximum atomic E-state index is 12.0. The molecule has 0 radical (unpaired) electrons. The van der Waals surface area contributed by atoms with E-state index in [0.717, 1.165) is 18.0 Å². The number of fused-ring (bicyclic) bond motifs is 2. The molecule has 2 fully saturated rings. The Morgan fingerprint density at radius 2 is 1.85 bits per heavy atom. The van der Waals surface area contributed by atoms with Crippen molar-refractivity contribution in [1.82, 2.24) is 5.32 Å². The number of Topliss-reactive ketones (excluding diaryl/α,β-unsaturated/α-hetero) is 1. The topological polar surface area (TPSA) is 58.2 Å². The highest BCUT2D eigenvalue weighted by Gasteiger charge is 2.40. The van der Waals surface area contributed by atoms with Gasteiger partial charge in [0.15, 0.2) is 5.78 Å². The summed E-state index contributed by atoms with van der Waals surface area (Å²) in [4.78, 5) is 23.2. The number of benzene rings is 1. The van der Waals surface area contributed by atoms with Gasteiger partial charge in [-0.25, -0.2) is 4.79 Å². The van der Waals surface area contributed by atoms with Gasteiger partial charge in [0.1, 0.15) is 0 Å². The van der Waals surface area contributed by atoms with Crippen LogP contribution >= 0.6 is 0 Å². The Balaban J connectivity index is 1.55. The maximum Gasteiger partial charge on any atom is 0.319 e. The molecule has 2 aliphatic rings. The summed E-state index contributed by atoms with van der Waals surface area (Å²) in [5.41, 5.74) is 1.37. The van der Waals surface area contributed by atoms with Crippen LogP contribution in [0.15, 0.2) is 24.3 Å². The zero-order valence-electron chi connectivity index (χ0n) is 11.7. The van der Waals surface area contributed by atoms with Crippen LogP contribution in [0.5, 0.6) is 0 Å². The van der Waals surface area contributed by atoms with Crippen LogP contribution in [0.3, 0.4) is 0 Å². The molecular weight excluding hydrogens is 252 g/mol. The number of nitrogens with one attached hydrogen (secondary N) is 2. The average molecular weight is 272 g/mol. The third-order valence-corrected chi connectivity index (χ3v) is 4.60. The predicted octanol–water partition coefficient (Wildman–Crippen LogP) is 3.20. The lowest BCUT2D eigenvalue weighted by Crippen LogP contribution is -2.40. The minimum atomic E-state index is -0.141. The monoisotopic (exact) mass is 272 g/mol. The molecular formula is C16H20N2O2. The highest BCUT2D eigenvalue weighted by Crippen LogP contribution is 2.44. The summed E-state index contributed by atoms with van der Waals surface area (Å²) in [5.74, 6) is 1.52. The van der Waals surface area contributed by atoms with E-state index in [1.165, 1.54) is 26.2 Å². The fraction of sp³-hybridized carbons (Fsp3) is 0.500. The Morgan fingerprint density at radius 1 is 1.10 bits per heavy atom. The number of amides is 2. The van der Waals surface area contributed by atoms with Crippen molar-refractivity contribution in [2.75, 3.05) is 5.32 Å². The molecule has 1 aromatic carbocycles. The Hall–Kier alpha value is -1.84. The van der Waals surface area contributed by atoms with Gasteiger partial charge in [-0.05, 0) is 62.3 Å². The fourth-order valence-electron chi connectivity index (χ4n) is 3.55. The van der Waals surface area contributed by atoms with E-state index in [2.05, 4.69) is 10.6 Å². The van der Waals surface area contributed by atoms with E-state index in [0.29, 0.717) is 17.5 Å². The summed E-state index contributed by atoms with van der Waals surface area (Å²) in [6.45, 7) is 1.53. The van der Waals surface area contributed by atoms with Crippen LogP contribution in [0, 0.1) is 11.8 Å². The van der Waals surface area contributed by atoms with Gasteiger partial charge in [-0.15, -0.1) is 0 Å². The molecule has 3 rings (SSSR count). The quantitative estimate of drug-likeness (QED) is 0.830. The zero-order valence-corrected chi connectivity index (χ0v) is 11.7. The van der Waals surface area contributed by atoms with Gasteiger partial charge in [0, 0.05) is 17.3 Å². The minimum Gasteiger partial charge on any atom is -0.335 e. The molecule has 106 valence electrons. The standard InChI is InChI=1S/C16H20N2O2/c1-10(19)12-4-6-14(7-5-12)17-16(20)18-15-9-11-2-3-13(15)8-11/h4-7,11,13,15H,2-3,8-9H2,1H3,(H2,17,18,20). The van der Waals surface area contributed by atoms with Gasteiger partial charge < -0.3 is 10.6 Å². The first kappa shape index (κ1) is 13.2. The van der Waals surface area contributed by atoms with E-state index >= 15 is 0 Å². The Morgan fingerprint density at radius 3 is 2.40 bits per heavy atom. The number of hydrogen-bond acceptors (Lipinski definition) is 2. The van der Waals surface area contributed by atoms with Crippen molar-refractivity contribution < 1.29 is 9.59 Å². The molecule has 4 heteroatoms. The van der Waals surface area contributed by atoms with Gasteiger partial charge in [-0.2, -0.15) is 0 Å². The highest BCUT2D eigenvalue weighted by atomic mass is 16.2. The molecule has 2 amide bonds. The lowest BCUT2D eigenvalue weighted by molar-refractivity contribution is 0.101. The van der Waals surface area contributed by atoms with Crippen LogP contribution in [-0.2, 0) is 0 Å². The van der Waals surface area contributed by atoms with E-state index in [4.69, 9.17) is 0 Å². The largest absolute Gasteiger partial charge is 0.335 e. The molecule has 20 heavy (non-hydrogen) atoms. The molecule has 2 saturated carbocycles. The van der Waals surface area contributed by atoms with Crippen LogP contribution in [0.25, 0.3) is 0 Å². The second-order valence-electron chi connectivity index (χ2n) is 6.01. The van der Waals surface area contributed by atoms with Crippen LogP contribution in [0.4, 0.5) is 10.5 Å². The summed E-state index contributed by atoms with van der Waals surface area (Å²) in [6, 6.07) is 7.18. The first-order valence-electron chi connectivity index (χ1n) is 7.30.